The van der Waals surface area contributed by atoms with Gasteiger partial charge in [-0.1, -0.05) is 82.1 Å². The van der Waals surface area contributed by atoms with Crippen molar-refractivity contribution in [2.24, 2.45) is 0 Å². The predicted octanol–water partition coefficient (Wildman–Crippen LogP) is 6.44. The van der Waals surface area contributed by atoms with Gasteiger partial charge in [-0.15, -0.1) is 0 Å². The minimum Gasteiger partial charge on any atom is -0.0843 e. The lowest BCUT2D eigenvalue weighted by molar-refractivity contribution is 1.56. The summed E-state index contributed by atoms with van der Waals surface area (Å²) in [6.07, 6.45) is 0. The molecule has 0 N–H and O–H groups in total. The van der Waals surface area contributed by atoms with E-state index < -0.39 is 0 Å². The molecular formula is C18H12BrCl. The molecule has 0 bridgehead atoms. The molecule has 0 saturated carbocycles. The number of hydrogen-bond acceptors (Lipinski definition) is 0. The van der Waals surface area contributed by atoms with Crippen LogP contribution in [0.2, 0.25) is 5.02 Å². The highest BCUT2D eigenvalue weighted by atomic mass is 79.9. The van der Waals surface area contributed by atoms with Crippen molar-refractivity contribution in [1.82, 2.24) is 0 Å². The summed E-state index contributed by atoms with van der Waals surface area (Å²) in [5.74, 6) is 0. The van der Waals surface area contributed by atoms with Gasteiger partial charge in [0.25, 0.3) is 0 Å². The molecule has 0 aliphatic heterocycles. The lowest BCUT2D eigenvalue weighted by Crippen LogP contribution is -1.86. The molecule has 3 rings (SSSR count). The first kappa shape index (κ1) is 13.4. The van der Waals surface area contributed by atoms with Crippen molar-refractivity contribution in [3.63, 3.8) is 0 Å². The summed E-state index contributed by atoms with van der Waals surface area (Å²) in [6.45, 7) is 0. The third-order valence-corrected chi connectivity index (χ3v) is 4.15. The van der Waals surface area contributed by atoms with Crippen LogP contribution in [0.1, 0.15) is 0 Å². The highest BCUT2D eigenvalue weighted by Gasteiger charge is 2.09. The van der Waals surface area contributed by atoms with E-state index in [9.17, 15) is 0 Å². The largest absolute Gasteiger partial charge is 0.0843 e. The van der Waals surface area contributed by atoms with Crippen LogP contribution in [0.3, 0.4) is 0 Å². The van der Waals surface area contributed by atoms with E-state index >= 15 is 0 Å². The third-order valence-electron chi connectivity index (χ3n) is 3.23. The average Bonchev–Trinajstić information content (AvgIpc) is 2.48. The zero-order chi connectivity index (χ0) is 13.9. The van der Waals surface area contributed by atoms with Gasteiger partial charge in [-0.25, -0.2) is 0 Å². The number of hydrogen-bond donors (Lipinski definition) is 0. The van der Waals surface area contributed by atoms with Gasteiger partial charge in [-0.05, 0) is 40.5 Å². The standard InChI is InChI=1S/C18H12BrCl/c19-18-11-4-3-10-17(18)16-9-2-1-8-15(16)13-6-5-7-14(20)12-13/h1-12H. The molecule has 0 unspecified atom stereocenters. The molecule has 0 saturated heterocycles. The van der Waals surface area contributed by atoms with E-state index in [1.54, 1.807) is 0 Å². The van der Waals surface area contributed by atoms with Gasteiger partial charge in [0.1, 0.15) is 0 Å². The van der Waals surface area contributed by atoms with E-state index in [-0.39, 0.29) is 0 Å². The third kappa shape index (κ3) is 2.65. The van der Waals surface area contributed by atoms with Crippen LogP contribution >= 0.6 is 27.5 Å². The maximum atomic E-state index is 6.12. The monoisotopic (exact) mass is 342 g/mol. The van der Waals surface area contributed by atoms with Crippen molar-refractivity contribution in [2.45, 2.75) is 0 Å². The second-order valence-corrected chi connectivity index (χ2v) is 5.83. The molecule has 0 radical (unpaired) electrons. The fourth-order valence-electron chi connectivity index (χ4n) is 2.31. The first-order valence-electron chi connectivity index (χ1n) is 6.35. The van der Waals surface area contributed by atoms with E-state index in [0.29, 0.717) is 0 Å². The summed E-state index contributed by atoms with van der Waals surface area (Å²) in [7, 11) is 0. The van der Waals surface area contributed by atoms with E-state index in [1.807, 2.05) is 24.3 Å². The second kappa shape index (κ2) is 5.82. The molecular weight excluding hydrogens is 332 g/mol. The summed E-state index contributed by atoms with van der Waals surface area (Å²) < 4.78 is 1.09. The van der Waals surface area contributed by atoms with Gasteiger partial charge in [0.15, 0.2) is 0 Å². The normalized spacial score (nSPS) is 10.5. The van der Waals surface area contributed by atoms with Gasteiger partial charge in [-0.2, -0.15) is 0 Å². The fourth-order valence-corrected chi connectivity index (χ4v) is 2.99. The van der Waals surface area contributed by atoms with Crippen LogP contribution in [0, 0.1) is 0 Å². The van der Waals surface area contributed by atoms with Gasteiger partial charge in [0, 0.05) is 9.50 Å². The molecule has 0 heterocycles. The van der Waals surface area contributed by atoms with Gasteiger partial charge >= 0.3 is 0 Å². The Morgan fingerprint density at radius 1 is 0.650 bits per heavy atom. The fraction of sp³-hybridized carbons (Fsp3) is 0. The molecule has 0 spiro atoms. The van der Waals surface area contributed by atoms with E-state index in [0.717, 1.165) is 15.1 Å². The van der Waals surface area contributed by atoms with Crippen molar-refractivity contribution in [3.8, 4) is 22.3 Å². The zero-order valence-electron chi connectivity index (χ0n) is 10.7. The number of benzene rings is 3. The van der Waals surface area contributed by atoms with Crippen LogP contribution < -0.4 is 0 Å². The van der Waals surface area contributed by atoms with Crippen molar-refractivity contribution in [1.29, 1.82) is 0 Å². The Kier molecular flexibility index (Phi) is 3.90. The lowest BCUT2D eigenvalue weighted by atomic mass is 9.95. The van der Waals surface area contributed by atoms with Gasteiger partial charge in [0.2, 0.25) is 0 Å². The van der Waals surface area contributed by atoms with Crippen molar-refractivity contribution >= 4 is 27.5 Å². The van der Waals surface area contributed by atoms with Crippen molar-refractivity contribution < 1.29 is 0 Å². The summed E-state index contributed by atoms with van der Waals surface area (Å²) in [4.78, 5) is 0. The number of rotatable bonds is 2. The molecule has 20 heavy (non-hydrogen) atoms. The SMILES string of the molecule is Clc1cccc(-c2ccccc2-c2ccccc2Br)c1. The molecule has 0 nitrogen and oxygen atoms in total. The molecule has 0 aliphatic rings. The summed E-state index contributed by atoms with van der Waals surface area (Å²) in [5, 5.41) is 0.754. The number of halogens is 2. The molecule has 0 aliphatic carbocycles. The van der Waals surface area contributed by atoms with Crippen LogP contribution in [0.15, 0.2) is 77.3 Å². The Morgan fingerprint density at radius 2 is 1.30 bits per heavy atom. The smallest absolute Gasteiger partial charge is 0.0412 e. The predicted molar refractivity (Wildman–Crippen MR) is 90.0 cm³/mol. The van der Waals surface area contributed by atoms with Crippen LogP contribution in [-0.2, 0) is 0 Å². The minimum atomic E-state index is 0.754. The maximum Gasteiger partial charge on any atom is 0.0412 e. The average molecular weight is 344 g/mol. The Morgan fingerprint density at radius 3 is 2.00 bits per heavy atom. The van der Waals surface area contributed by atoms with Crippen LogP contribution in [-0.4, -0.2) is 0 Å². The van der Waals surface area contributed by atoms with Gasteiger partial charge < -0.3 is 0 Å². The van der Waals surface area contributed by atoms with Gasteiger partial charge in [-0.3, -0.25) is 0 Å². The molecule has 98 valence electrons. The Balaban J connectivity index is 2.22. The van der Waals surface area contributed by atoms with E-state index in [2.05, 4.69) is 64.5 Å². The zero-order valence-corrected chi connectivity index (χ0v) is 13.0. The molecule has 3 aromatic carbocycles. The minimum absolute atomic E-state index is 0.754. The first-order valence-corrected chi connectivity index (χ1v) is 7.52. The highest BCUT2D eigenvalue weighted by molar-refractivity contribution is 9.10. The quantitative estimate of drug-likeness (QED) is 0.502. The Hall–Kier alpha value is -1.57. The molecule has 2 heteroatoms. The summed E-state index contributed by atoms with van der Waals surface area (Å²) in [5.41, 5.74) is 4.69. The second-order valence-electron chi connectivity index (χ2n) is 4.54. The molecule has 0 aromatic heterocycles. The van der Waals surface area contributed by atoms with Gasteiger partial charge in [0.05, 0.1) is 0 Å². The van der Waals surface area contributed by atoms with Crippen LogP contribution in [0.4, 0.5) is 0 Å². The summed E-state index contributed by atoms with van der Waals surface area (Å²) >= 11 is 9.74. The summed E-state index contributed by atoms with van der Waals surface area (Å²) in [6, 6.07) is 24.6. The van der Waals surface area contributed by atoms with E-state index in [1.165, 1.54) is 16.7 Å². The molecule has 0 amide bonds. The van der Waals surface area contributed by atoms with Crippen molar-refractivity contribution in [2.75, 3.05) is 0 Å². The maximum absolute atomic E-state index is 6.12. The Bertz CT molecular complexity index is 750. The molecule has 0 atom stereocenters. The lowest BCUT2D eigenvalue weighted by Gasteiger charge is -2.11. The Labute approximate surface area is 132 Å². The van der Waals surface area contributed by atoms with Crippen LogP contribution in [0.25, 0.3) is 22.3 Å². The molecule has 0 fully saturated rings. The van der Waals surface area contributed by atoms with Crippen molar-refractivity contribution in [3.05, 3.63) is 82.3 Å². The van der Waals surface area contributed by atoms with Crippen LogP contribution in [0.5, 0.6) is 0 Å². The van der Waals surface area contributed by atoms with E-state index in [4.69, 9.17) is 11.6 Å². The topological polar surface area (TPSA) is 0 Å². The highest BCUT2D eigenvalue weighted by Crippen LogP contribution is 2.36. The first-order chi connectivity index (χ1) is 9.75. The molecule has 3 aromatic rings.